The van der Waals surface area contributed by atoms with Gasteiger partial charge in [0.25, 0.3) is 0 Å². The first-order chi connectivity index (χ1) is 9.93. The normalized spacial score (nSPS) is 22.2. The van der Waals surface area contributed by atoms with Crippen LogP contribution in [0, 0.1) is 0 Å². The molecule has 2 rings (SSSR count). The molecule has 1 fully saturated rings. The van der Waals surface area contributed by atoms with Crippen LogP contribution in [0.4, 0.5) is 0 Å². The monoisotopic (exact) mass is 294 g/mol. The number of nitrogens with zero attached hydrogens (tertiary/aromatic N) is 4. The molecule has 0 aromatic carbocycles. The molecule has 1 amide bonds. The fourth-order valence-electron chi connectivity index (χ4n) is 3.02. The van der Waals surface area contributed by atoms with Gasteiger partial charge in [0.15, 0.2) is 0 Å². The van der Waals surface area contributed by atoms with Gasteiger partial charge in [0, 0.05) is 44.9 Å². The van der Waals surface area contributed by atoms with Crippen LogP contribution < -0.4 is 0 Å². The average Bonchev–Trinajstić information content (AvgIpc) is 3.01. The Kier molecular flexibility index (Phi) is 5.00. The fourth-order valence-corrected chi connectivity index (χ4v) is 3.02. The summed E-state index contributed by atoms with van der Waals surface area (Å²) in [6.45, 7) is 4.40. The highest BCUT2D eigenvalue weighted by Crippen LogP contribution is 2.22. The highest BCUT2D eigenvalue weighted by atomic mass is 16.3. The summed E-state index contributed by atoms with van der Waals surface area (Å²) in [5, 5.41) is 10.5. The van der Waals surface area contributed by atoms with Crippen molar-refractivity contribution in [3.63, 3.8) is 0 Å². The number of carbonyl (C=O) groups excluding carboxylic acids is 1. The molecule has 6 nitrogen and oxygen atoms in total. The molecule has 1 saturated heterocycles. The Hall–Kier alpha value is -1.40. The van der Waals surface area contributed by atoms with Crippen molar-refractivity contribution in [1.82, 2.24) is 19.4 Å². The van der Waals surface area contributed by atoms with E-state index in [1.807, 2.05) is 29.8 Å². The van der Waals surface area contributed by atoms with Crippen LogP contribution >= 0.6 is 0 Å². The molecule has 1 aromatic heterocycles. The quantitative estimate of drug-likeness (QED) is 0.823. The van der Waals surface area contributed by atoms with Gasteiger partial charge in [0.1, 0.15) is 5.82 Å². The number of amides is 1. The zero-order valence-electron chi connectivity index (χ0n) is 13.2. The number of likely N-dealkylation sites (N-methyl/N-ethyl adjacent to an activating group) is 1. The lowest BCUT2D eigenvalue weighted by Crippen LogP contribution is -2.43. The molecule has 6 heteroatoms. The van der Waals surface area contributed by atoms with Gasteiger partial charge in [-0.2, -0.15) is 0 Å². The van der Waals surface area contributed by atoms with Crippen LogP contribution in [-0.2, 0) is 17.8 Å². The third kappa shape index (κ3) is 4.04. The first-order valence-corrected chi connectivity index (χ1v) is 7.58. The maximum absolute atomic E-state index is 12.3. The van der Waals surface area contributed by atoms with Crippen LogP contribution in [0.3, 0.4) is 0 Å². The summed E-state index contributed by atoms with van der Waals surface area (Å²) in [4.78, 5) is 20.3. The molecule has 0 bridgehead atoms. The fraction of sp³-hybridized carbons (Fsp3) is 0.733. The van der Waals surface area contributed by atoms with Gasteiger partial charge >= 0.3 is 0 Å². The van der Waals surface area contributed by atoms with Crippen LogP contribution in [0.25, 0.3) is 0 Å². The SMILES string of the molecule is CCc1nccn1CCC(=O)N1CC[C@@](O)(CN(C)C)C1. The van der Waals surface area contributed by atoms with E-state index in [0.717, 1.165) is 12.2 Å². The van der Waals surface area contributed by atoms with Gasteiger partial charge in [-0.05, 0) is 20.5 Å². The second-order valence-corrected chi connectivity index (χ2v) is 6.17. The second-order valence-electron chi connectivity index (χ2n) is 6.17. The van der Waals surface area contributed by atoms with Crippen molar-refractivity contribution in [2.45, 2.75) is 38.3 Å². The first kappa shape index (κ1) is 16.0. The molecule has 2 heterocycles. The minimum absolute atomic E-state index is 0.112. The third-order valence-corrected chi connectivity index (χ3v) is 3.98. The lowest BCUT2D eigenvalue weighted by molar-refractivity contribution is -0.131. The molecule has 21 heavy (non-hydrogen) atoms. The molecule has 0 radical (unpaired) electrons. The van der Waals surface area contributed by atoms with Gasteiger partial charge < -0.3 is 19.5 Å². The van der Waals surface area contributed by atoms with E-state index in [1.165, 1.54) is 0 Å². The van der Waals surface area contributed by atoms with E-state index in [9.17, 15) is 9.90 Å². The molecular formula is C15H26N4O2. The number of aromatic nitrogens is 2. The molecule has 1 atom stereocenters. The molecule has 0 aliphatic carbocycles. The molecule has 0 saturated carbocycles. The molecule has 0 spiro atoms. The number of likely N-dealkylation sites (tertiary alicyclic amines) is 1. The van der Waals surface area contributed by atoms with Gasteiger partial charge in [-0.15, -0.1) is 0 Å². The van der Waals surface area contributed by atoms with Gasteiger partial charge in [-0.1, -0.05) is 6.92 Å². The number of hydrogen-bond donors (Lipinski definition) is 1. The number of aryl methyl sites for hydroxylation is 2. The third-order valence-electron chi connectivity index (χ3n) is 3.98. The van der Waals surface area contributed by atoms with Crippen molar-refractivity contribution in [3.05, 3.63) is 18.2 Å². The summed E-state index contributed by atoms with van der Waals surface area (Å²) >= 11 is 0. The Morgan fingerprint density at radius 1 is 1.52 bits per heavy atom. The summed E-state index contributed by atoms with van der Waals surface area (Å²) in [5.41, 5.74) is -0.761. The molecule has 1 aliphatic heterocycles. The van der Waals surface area contributed by atoms with Crippen LogP contribution in [0.5, 0.6) is 0 Å². The predicted octanol–water partition coefficient (Wildman–Crippen LogP) is 0.361. The van der Waals surface area contributed by atoms with Crippen molar-refractivity contribution >= 4 is 5.91 Å². The molecule has 118 valence electrons. The zero-order chi connectivity index (χ0) is 15.5. The lowest BCUT2D eigenvalue weighted by atomic mass is 10.0. The van der Waals surface area contributed by atoms with Crippen LogP contribution in [-0.4, -0.2) is 69.7 Å². The van der Waals surface area contributed by atoms with Gasteiger partial charge in [-0.25, -0.2) is 4.98 Å². The molecule has 1 aromatic rings. The summed E-state index contributed by atoms with van der Waals surface area (Å²) in [6, 6.07) is 0. The summed E-state index contributed by atoms with van der Waals surface area (Å²) in [5.74, 6) is 1.12. The standard InChI is InChI=1S/C15H26N4O2/c1-4-13-16-7-10-18(13)8-5-14(20)19-9-6-15(21,12-19)11-17(2)3/h7,10,21H,4-6,8-9,11-12H2,1-3H3/t15-/m1/s1. The number of aliphatic hydroxyl groups is 1. The van der Waals surface area contributed by atoms with E-state index in [1.54, 1.807) is 11.1 Å². The van der Waals surface area contributed by atoms with E-state index < -0.39 is 5.60 Å². The molecular weight excluding hydrogens is 268 g/mol. The Morgan fingerprint density at radius 3 is 2.95 bits per heavy atom. The average molecular weight is 294 g/mol. The van der Waals surface area contributed by atoms with Gasteiger partial charge in [0.05, 0.1) is 12.1 Å². The Labute approximate surface area is 126 Å². The van der Waals surface area contributed by atoms with Crippen LogP contribution in [0.2, 0.25) is 0 Å². The van der Waals surface area contributed by atoms with Gasteiger partial charge in [0.2, 0.25) is 5.91 Å². The Bertz CT molecular complexity index is 486. The van der Waals surface area contributed by atoms with Crippen molar-refractivity contribution in [2.75, 3.05) is 33.7 Å². The van der Waals surface area contributed by atoms with Crippen molar-refractivity contribution in [3.8, 4) is 0 Å². The van der Waals surface area contributed by atoms with E-state index in [2.05, 4.69) is 11.9 Å². The van der Waals surface area contributed by atoms with E-state index in [-0.39, 0.29) is 5.91 Å². The number of carbonyl (C=O) groups is 1. The van der Waals surface area contributed by atoms with Gasteiger partial charge in [-0.3, -0.25) is 4.79 Å². The van der Waals surface area contributed by atoms with E-state index in [0.29, 0.717) is 39.0 Å². The first-order valence-electron chi connectivity index (χ1n) is 7.58. The minimum atomic E-state index is -0.761. The highest BCUT2D eigenvalue weighted by Gasteiger charge is 2.38. The number of hydrogen-bond acceptors (Lipinski definition) is 4. The maximum Gasteiger partial charge on any atom is 0.224 e. The van der Waals surface area contributed by atoms with Crippen LogP contribution in [0.1, 0.15) is 25.6 Å². The zero-order valence-corrected chi connectivity index (χ0v) is 13.2. The largest absolute Gasteiger partial charge is 0.387 e. The van der Waals surface area contributed by atoms with E-state index in [4.69, 9.17) is 0 Å². The van der Waals surface area contributed by atoms with Crippen molar-refractivity contribution < 1.29 is 9.90 Å². The Balaban J connectivity index is 1.85. The topological polar surface area (TPSA) is 61.6 Å². The summed E-state index contributed by atoms with van der Waals surface area (Å²) in [6.07, 6.45) is 5.67. The Morgan fingerprint density at radius 2 is 2.29 bits per heavy atom. The second kappa shape index (κ2) is 6.58. The summed E-state index contributed by atoms with van der Waals surface area (Å²) < 4.78 is 2.03. The summed E-state index contributed by atoms with van der Waals surface area (Å²) in [7, 11) is 3.88. The highest BCUT2D eigenvalue weighted by molar-refractivity contribution is 5.76. The number of β-amino-alcohol motifs (C(OH)–C–C–N with tert-alkyl or cyclic N) is 1. The molecule has 1 aliphatic rings. The minimum Gasteiger partial charge on any atom is -0.387 e. The smallest absolute Gasteiger partial charge is 0.224 e. The van der Waals surface area contributed by atoms with E-state index >= 15 is 0 Å². The van der Waals surface area contributed by atoms with Crippen LogP contribution in [0.15, 0.2) is 12.4 Å². The maximum atomic E-state index is 12.3. The lowest BCUT2D eigenvalue weighted by Gasteiger charge is -2.26. The number of rotatable bonds is 6. The molecule has 1 N–H and O–H groups in total. The number of imidazole rings is 1. The van der Waals surface area contributed by atoms with Crippen molar-refractivity contribution in [2.24, 2.45) is 0 Å². The predicted molar refractivity (Wildman–Crippen MR) is 80.9 cm³/mol. The molecule has 0 unspecified atom stereocenters. The van der Waals surface area contributed by atoms with Crippen molar-refractivity contribution in [1.29, 1.82) is 0 Å².